The van der Waals surface area contributed by atoms with Gasteiger partial charge < -0.3 is 15.7 Å². The van der Waals surface area contributed by atoms with Gasteiger partial charge in [0.1, 0.15) is 11.8 Å². The molecule has 1 aromatic rings. The standard InChI is InChI=1S/C37H62I2N2O3/c1-3-5-7-9-11-13-15-17-19-21-23-25-27-40-37(44)34(30-31-28-32(38)36(43)33(39)29-31)41-35(42)26-24-22-20-18-16-14-12-10-8-6-4-2/h10,12,28-29,34,43H,3-9,11,13-27,30H2,1-2H3,(H,40,44)(H,41,42)/b12-10+. The highest BCUT2D eigenvalue weighted by molar-refractivity contribution is 14.1. The van der Waals surface area contributed by atoms with Gasteiger partial charge >= 0.3 is 0 Å². The van der Waals surface area contributed by atoms with E-state index in [1.807, 2.05) is 12.1 Å². The van der Waals surface area contributed by atoms with Crippen LogP contribution in [0.15, 0.2) is 24.3 Å². The van der Waals surface area contributed by atoms with Crippen molar-refractivity contribution in [3.63, 3.8) is 0 Å². The van der Waals surface area contributed by atoms with E-state index < -0.39 is 6.04 Å². The number of amides is 2. The Bertz CT molecular complexity index is 899. The number of carbonyl (C=O) groups excluding carboxylic acids is 2. The Kier molecular flexibility index (Phi) is 26.6. The minimum Gasteiger partial charge on any atom is -0.506 e. The number of phenols is 1. The van der Waals surface area contributed by atoms with Crippen molar-refractivity contribution in [3.8, 4) is 5.75 Å². The van der Waals surface area contributed by atoms with Gasteiger partial charge in [-0.2, -0.15) is 0 Å². The van der Waals surface area contributed by atoms with Crippen LogP contribution in [0, 0.1) is 7.14 Å². The number of halogens is 2. The van der Waals surface area contributed by atoms with Gasteiger partial charge in [0.05, 0.1) is 7.14 Å². The lowest BCUT2D eigenvalue weighted by Crippen LogP contribution is -2.48. The first kappa shape index (κ1) is 41.2. The highest BCUT2D eigenvalue weighted by Gasteiger charge is 2.22. The zero-order valence-corrected chi connectivity index (χ0v) is 32.2. The van der Waals surface area contributed by atoms with Crippen molar-refractivity contribution < 1.29 is 14.7 Å². The summed E-state index contributed by atoms with van der Waals surface area (Å²) in [6.45, 7) is 5.13. The Labute approximate surface area is 297 Å². The van der Waals surface area contributed by atoms with Gasteiger partial charge in [-0.05, 0) is 95.0 Å². The van der Waals surface area contributed by atoms with Gasteiger partial charge in [0.15, 0.2) is 0 Å². The minimum absolute atomic E-state index is 0.0578. The monoisotopic (exact) mass is 836 g/mol. The maximum atomic E-state index is 13.2. The van der Waals surface area contributed by atoms with Crippen LogP contribution in [0.4, 0.5) is 0 Å². The number of unbranched alkanes of at least 4 members (excludes halogenated alkanes) is 18. The van der Waals surface area contributed by atoms with Crippen LogP contribution in [0.1, 0.15) is 161 Å². The molecule has 1 atom stereocenters. The number of benzene rings is 1. The maximum Gasteiger partial charge on any atom is 0.242 e. The number of phenolic OH excluding ortho intramolecular Hbond substituents is 1. The summed E-state index contributed by atoms with van der Waals surface area (Å²) in [4.78, 5) is 26.0. The van der Waals surface area contributed by atoms with Gasteiger partial charge in [-0.25, -0.2) is 0 Å². The van der Waals surface area contributed by atoms with E-state index in [4.69, 9.17) is 0 Å². The van der Waals surface area contributed by atoms with Crippen molar-refractivity contribution >= 4 is 57.0 Å². The second kappa shape index (κ2) is 28.4. The first-order valence-electron chi connectivity index (χ1n) is 17.8. The van der Waals surface area contributed by atoms with Crippen LogP contribution in [0.3, 0.4) is 0 Å². The van der Waals surface area contributed by atoms with Crippen molar-refractivity contribution in [2.45, 2.75) is 168 Å². The van der Waals surface area contributed by atoms with Crippen molar-refractivity contribution in [1.82, 2.24) is 10.6 Å². The lowest BCUT2D eigenvalue weighted by atomic mass is 10.0. The summed E-state index contributed by atoms with van der Waals surface area (Å²) in [5.41, 5.74) is 0.936. The van der Waals surface area contributed by atoms with Crippen LogP contribution < -0.4 is 10.6 Å². The zero-order chi connectivity index (χ0) is 32.3. The van der Waals surface area contributed by atoms with E-state index in [1.165, 1.54) is 96.3 Å². The second-order valence-electron chi connectivity index (χ2n) is 12.3. The third kappa shape index (κ3) is 21.8. The molecule has 0 aliphatic carbocycles. The predicted molar refractivity (Wildman–Crippen MR) is 204 cm³/mol. The maximum absolute atomic E-state index is 13.2. The third-order valence-corrected chi connectivity index (χ3v) is 9.81. The molecule has 0 fully saturated rings. The average Bonchev–Trinajstić information content (AvgIpc) is 3.00. The molecule has 0 saturated heterocycles. The molecule has 0 aliphatic heterocycles. The first-order chi connectivity index (χ1) is 21.4. The van der Waals surface area contributed by atoms with E-state index in [9.17, 15) is 14.7 Å². The fourth-order valence-corrected chi connectivity index (χ4v) is 7.28. The van der Waals surface area contributed by atoms with Gasteiger partial charge in [0.2, 0.25) is 11.8 Å². The molecule has 3 N–H and O–H groups in total. The van der Waals surface area contributed by atoms with Gasteiger partial charge in [-0.3, -0.25) is 9.59 Å². The van der Waals surface area contributed by atoms with E-state index in [0.29, 0.717) is 19.4 Å². The van der Waals surface area contributed by atoms with E-state index >= 15 is 0 Å². The molecule has 0 spiro atoms. The molecule has 0 aromatic heterocycles. The van der Waals surface area contributed by atoms with Gasteiger partial charge in [-0.15, -0.1) is 0 Å². The number of rotatable bonds is 28. The Balaban J connectivity index is 2.39. The van der Waals surface area contributed by atoms with E-state index in [2.05, 4.69) is 81.8 Å². The molecule has 1 rings (SSSR count). The molecule has 0 aliphatic rings. The number of nitrogens with one attached hydrogen (secondary N) is 2. The molecule has 44 heavy (non-hydrogen) atoms. The first-order valence-corrected chi connectivity index (χ1v) is 19.9. The van der Waals surface area contributed by atoms with Gasteiger partial charge in [-0.1, -0.05) is 129 Å². The van der Waals surface area contributed by atoms with Crippen molar-refractivity contribution in [1.29, 1.82) is 0 Å². The fraction of sp³-hybridized carbons (Fsp3) is 0.730. The highest BCUT2D eigenvalue weighted by atomic mass is 127. The van der Waals surface area contributed by atoms with Crippen LogP contribution in [0.25, 0.3) is 0 Å². The summed E-state index contributed by atoms with van der Waals surface area (Å²) in [6.07, 6.45) is 31.2. The van der Waals surface area contributed by atoms with Crippen LogP contribution in [0.2, 0.25) is 0 Å². The lowest BCUT2D eigenvalue weighted by molar-refractivity contribution is -0.129. The molecule has 1 aromatic carbocycles. The molecule has 252 valence electrons. The second-order valence-corrected chi connectivity index (χ2v) is 14.7. The van der Waals surface area contributed by atoms with Crippen molar-refractivity contribution in [3.05, 3.63) is 37.0 Å². The van der Waals surface area contributed by atoms with Gasteiger partial charge in [0, 0.05) is 19.4 Å². The third-order valence-electron chi connectivity index (χ3n) is 8.16. The molecule has 0 saturated carbocycles. The zero-order valence-electron chi connectivity index (χ0n) is 27.9. The molecule has 2 amide bonds. The van der Waals surface area contributed by atoms with Crippen molar-refractivity contribution in [2.75, 3.05) is 6.54 Å². The molecule has 0 heterocycles. The van der Waals surface area contributed by atoms with Gasteiger partial charge in [0.25, 0.3) is 0 Å². The number of hydrogen-bond donors (Lipinski definition) is 3. The number of allylic oxidation sites excluding steroid dienone is 2. The van der Waals surface area contributed by atoms with E-state index in [0.717, 1.165) is 51.2 Å². The Morgan fingerprint density at radius 3 is 1.75 bits per heavy atom. The highest BCUT2D eigenvalue weighted by Crippen LogP contribution is 2.28. The summed E-state index contributed by atoms with van der Waals surface area (Å²) in [5, 5.41) is 16.3. The predicted octanol–water partition coefficient (Wildman–Crippen LogP) is 10.9. The summed E-state index contributed by atoms with van der Waals surface area (Å²) in [7, 11) is 0. The molecule has 0 bridgehead atoms. The number of carbonyl (C=O) groups is 2. The largest absolute Gasteiger partial charge is 0.506 e. The summed E-state index contributed by atoms with van der Waals surface area (Å²) in [5.74, 6) is 0.0866. The Morgan fingerprint density at radius 2 is 1.18 bits per heavy atom. The number of aromatic hydroxyl groups is 1. The van der Waals surface area contributed by atoms with Crippen LogP contribution in [-0.4, -0.2) is 29.5 Å². The molecule has 0 radical (unpaired) electrons. The summed E-state index contributed by atoms with van der Waals surface area (Å²) < 4.78 is 1.51. The molecule has 7 heteroatoms. The molecule has 1 unspecified atom stereocenters. The summed E-state index contributed by atoms with van der Waals surface area (Å²) >= 11 is 4.22. The van der Waals surface area contributed by atoms with Crippen molar-refractivity contribution in [2.24, 2.45) is 0 Å². The minimum atomic E-state index is -0.615. The Morgan fingerprint density at radius 1 is 0.705 bits per heavy atom. The molecular formula is C37H62I2N2O3. The fourth-order valence-electron chi connectivity index (χ4n) is 5.38. The van der Waals surface area contributed by atoms with E-state index in [-0.39, 0.29) is 17.6 Å². The average molecular weight is 837 g/mol. The van der Waals surface area contributed by atoms with Crippen LogP contribution in [-0.2, 0) is 16.0 Å². The quantitative estimate of drug-likeness (QED) is 0.0447. The normalized spacial score (nSPS) is 12.1. The number of hydrogen-bond acceptors (Lipinski definition) is 3. The van der Waals surface area contributed by atoms with E-state index in [1.54, 1.807) is 0 Å². The molecule has 5 nitrogen and oxygen atoms in total. The molecular weight excluding hydrogens is 774 g/mol. The lowest BCUT2D eigenvalue weighted by Gasteiger charge is -2.19. The smallest absolute Gasteiger partial charge is 0.242 e. The Hall–Kier alpha value is -0.840. The summed E-state index contributed by atoms with van der Waals surface area (Å²) in [6, 6.07) is 3.18. The topological polar surface area (TPSA) is 78.4 Å². The van der Waals surface area contributed by atoms with Crippen LogP contribution >= 0.6 is 45.2 Å². The van der Waals surface area contributed by atoms with Crippen LogP contribution in [0.5, 0.6) is 5.75 Å². The SMILES string of the molecule is CCCC/C=C/CCCCCCCC(=O)NC(Cc1cc(I)c(O)c(I)c1)C(=O)NCCCCCCCCCCCCCC.